The lowest BCUT2D eigenvalue weighted by molar-refractivity contribution is -0.141. The van der Waals surface area contributed by atoms with Crippen molar-refractivity contribution in [3.8, 4) is 0 Å². The van der Waals surface area contributed by atoms with Gasteiger partial charge in [0.15, 0.2) is 0 Å². The summed E-state index contributed by atoms with van der Waals surface area (Å²) in [6.07, 6.45) is 0. The van der Waals surface area contributed by atoms with Gasteiger partial charge in [-0.05, 0) is 12.1 Å². The Hall–Kier alpha value is -1.84. The molecule has 0 aliphatic carbocycles. The van der Waals surface area contributed by atoms with E-state index in [2.05, 4.69) is 18.8 Å². The second-order valence-corrected chi connectivity index (χ2v) is 4.96. The Bertz CT molecular complexity index is 572. The Kier molecular flexibility index (Phi) is 3.36. The zero-order valence-electron chi connectivity index (χ0n) is 10.9. The molecule has 96 valence electrons. The third kappa shape index (κ3) is 2.23. The minimum atomic E-state index is -0.775. The van der Waals surface area contributed by atoms with Gasteiger partial charge >= 0.3 is 5.97 Å². The van der Waals surface area contributed by atoms with Gasteiger partial charge in [0.25, 0.3) is 0 Å². The summed E-state index contributed by atoms with van der Waals surface area (Å²) in [7, 11) is 0. The van der Waals surface area contributed by atoms with Crippen LogP contribution in [-0.4, -0.2) is 20.6 Å². The monoisotopic (exact) mass is 246 g/mol. The summed E-state index contributed by atoms with van der Waals surface area (Å²) in [5.41, 5.74) is 1.94. The van der Waals surface area contributed by atoms with Crippen molar-refractivity contribution in [3.63, 3.8) is 0 Å². The number of carboxylic acid groups (broad SMARTS) is 1. The van der Waals surface area contributed by atoms with Gasteiger partial charge in [-0.3, -0.25) is 4.79 Å². The van der Waals surface area contributed by atoms with E-state index in [0.29, 0.717) is 6.54 Å². The molecular formula is C14H18N2O2. The number of nitrogens with zero attached hydrogens (tertiary/aromatic N) is 2. The molecule has 2 rings (SSSR count). The molecule has 0 saturated heterocycles. The maximum atomic E-state index is 11.0. The molecule has 0 saturated carbocycles. The molecule has 1 atom stereocenters. The van der Waals surface area contributed by atoms with Gasteiger partial charge in [0.2, 0.25) is 0 Å². The summed E-state index contributed by atoms with van der Waals surface area (Å²) in [5, 5.41) is 9.05. The fourth-order valence-corrected chi connectivity index (χ4v) is 2.08. The van der Waals surface area contributed by atoms with E-state index in [-0.39, 0.29) is 5.92 Å². The average Bonchev–Trinajstić information content (AvgIpc) is 2.68. The first-order chi connectivity index (χ1) is 8.50. The molecule has 0 aliphatic heterocycles. The van der Waals surface area contributed by atoms with Crippen LogP contribution < -0.4 is 0 Å². The van der Waals surface area contributed by atoms with Crippen LogP contribution in [0.15, 0.2) is 24.3 Å². The zero-order chi connectivity index (χ0) is 13.3. The van der Waals surface area contributed by atoms with E-state index in [9.17, 15) is 4.79 Å². The molecule has 0 bridgehead atoms. The first-order valence-corrected chi connectivity index (χ1v) is 6.18. The molecule has 18 heavy (non-hydrogen) atoms. The third-order valence-electron chi connectivity index (χ3n) is 3.08. The average molecular weight is 246 g/mol. The molecule has 1 unspecified atom stereocenters. The van der Waals surface area contributed by atoms with Crippen molar-refractivity contribution in [2.45, 2.75) is 33.2 Å². The summed E-state index contributed by atoms with van der Waals surface area (Å²) in [5.74, 6) is 0.0327. The molecule has 4 nitrogen and oxygen atoms in total. The van der Waals surface area contributed by atoms with Gasteiger partial charge < -0.3 is 9.67 Å². The second kappa shape index (κ2) is 4.80. The normalized spacial score (nSPS) is 13.1. The van der Waals surface area contributed by atoms with Crippen molar-refractivity contribution < 1.29 is 9.90 Å². The lowest BCUT2D eigenvalue weighted by Gasteiger charge is -2.13. The molecular weight excluding hydrogens is 228 g/mol. The zero-order valence-corrected chi connectivity index (χ0v) is 10.9. The molecule has 0 aliphatic rings. The molecule has 1 N–H and O–H groups in total. The Labute approximate surface area is 106 Å². The van der Waals surface area contributed by atoms with Crippen molar-refractivity contribution in [3.05, 3.63) is 30.1 Å². The van der Waals surface area contributed by atoms with Crippen LogP contribution in [0.25, 0.3) is 11.0 Å². The van der Waals surface area contributed by atoms with E-state index in [0.717, 1.165) is 16.9 Å². The second-order valence-electron chi connectivity index (χ2n) is 4.96. The van der Waals surface area contributed by atoms with Crippen molar-refractivity contribution >= 4 is 17.0 Å². The maximum Gasteiger partial charge on any atom is 0.308 e. The Morgan fingerprint density at radius 2 is 2.00 bits per heavy atom. The van der Waals surface area contributed by atoms with Crippen molar-refractivity contribution in [1.82, 2.24) is 9.55 Å². The number of hydrogen-bond donors (Lipinski definition) is 1. The number of para-hydroxylation sites is 2. The van der Waals surface area contributed by atoms with Crippen molar-refractivity contribution in [1.29, 1.82) is 0 Å². The van der Waals surface area contributed by atoms with Crippen LogP contribution >= 0.6 is 0 Å². The summed E-state index contributed by atoms with van der Waals surface area (Å²) >= 11 is 0. The van der Waals surface area contributed by atoms with Gasteiger partial charge in [0, 0.05) is 12.5 Å². The molecule has 0 radical (unpaired) electrons. The van der Waals surface area contributed by atoms with Crippen LogP contribution in [0, 0.1) is 5.92 Å². The minimum Gasteiger partial charge on any atom is -0.481 e. The predicted octanol–water partition coefficient (Wildman–Crippen LogP) is 2.88. The van der Waals surface area contributed by atoms with E-state index in [1.54, 1.807) is 6.92 Å². The molecule has 1 heterocycles. The van der Waals surface area contributed by atoms with E-state index in [1.165, 1.54) is 0 Å². The van der Waals surface area contributed by atoms with Gasteiger partial charge in [-0.25, -0.2) is 4.98 Å². The van der Waals surface area contributed by atoms with Crippen LogP contribution in [0.5, 0.6) is 0 Å². The van der Waals surface area contributed by atoms with E-state index >= 15 is 0 Å². The first kappa shape index (κ1) is 12.6. The number of imidazole rings is 1. The maximum absolute atomic E-state index is 11.0. The standard InChI is InChI=1S/C14H18N2O2/c1-9(2)13-15-11-6-4-5-7-12(11)16(13)8-10(3)14(17)18/h4-7,9-10H,8H2,1-3H3,(H,17,18). The number of rotatable bonds is 4. The van der Waals surface area contributed by atoms with Gasteiger partial charge in [0.05, 0.1) is 17.0 Å². The third-order valence-corrected chi connectivity index (χ3v) is 3.08. The molecule has 4 heteroatoms. The largest absolute Gasteiger partial charge is 0.481 e. The quantitative estimate of drug-likeness (QED) is 0.902. The van der Waals surface area contributed by atoms with Crippen molar-refractivity contribution in [2.75, 3.05) is 0 Å². The van der Waals surface area contributed by atoms with Gasteiger partial charge in [-0.15, -0.1) is 0 Å². The topological polar surface area (TPSA) is 55.1 Å². The fourth-order valence-electron chi connectivity index (χ4n) is 2.08. The van der Waals surface area contributed by atoms with Gasteiger partial charge in [0.1, 0.15) is 5.82 Å². The fraction of sp³-hybridized carbons (Fsp3) is 0.429. The summed E-state index contributed by atoms with van der Waals surface area (Å²) in [4.78, 5) is 15.6. The Balaban J connectivity index is 2.51. The van der Waals surface area contributed by atoms with Crippen LogP contribution in [0.3, 0.4) is 0 Å². The smallest absolute Gasteiger partial charge is 0.308 e. The number of hydrogen-bond acceptors (Lipinski definition) is 2. The highest BCUT2D eigenvalue weighted by Crippen LogP contribution is 2.22. The molecule has 1 aromatic heterocycles. The van der Waals surface area contributed by atoms with Crippen LogP contribution in [-0.2, 0) is 11.3 Å². The van der Waals surface area contributed by atoms with E-state index in [1.807, 2.05) is 28.8 Å². The number of fused-ring (bicyclic) bond motifs is 1. The molecule has 0 fully saturated rings. The summed E-state index contributed by atoms with van der Waals surface area (Å²) in [6.45, 7) is 6.33. The molecule has 1 aromatic carbocycles. The molecule has 2 aromatic rings. The Morgan fingerprint density at radius 3 is 2.61 bits per heavy atom. The lowest BCUT2D eigenvalue weighted by atomic mass is 10.1. The SMILES string of the molecule is CC(Cn1c(C(C)C)nc2ccccc21)C(=O)O. The molecule has 0 amide bonds. The van der Waals surface area contributed by atoms with E-state index in [4.69, 9.17) is 5.11 Å². The van der Waals surface area contributed by atoms with Crippen LogP contribution in [0.1, 0.15) is 32.5 Å². The highest BCUT2D eigenvalue weighted by Gasteiger charge is 2.18. The Morgan fingerprint density at radius 1 is 1.33 bits per heavy atom. The number of aromatic nitrogens is 2. The van der Waals surface area contributed by atoms with Crippen molar-refractivity contribution in [2.24, 2.45) is 5.92 Å². The van der Waals surface area contributed by atoms with Crippen LogP contribution in [0.2, 0.25) is 0 Å². The van der Waals surface area contributed by atoms with Gasteiger partial charge in [-0.1, -0.05) is 32.9 Å². The summed E-state index contributed by atoms with van der Waals surface area (Å²) < 4.78 is 2.03. The highest BCUT2D eigenvalue weighted by molar-refractivity contribution is 5.76. The van der Waals surface area contributed by atoms with E-state index < -0.39 is 11.9 Å². The number of carboxylic acids is 1. The first-order valence-electron chi connectivity index (χ1n) is 6.18. The van der Waals surface area contributed by atoms with Gasteiger partial charge in [-0.2, -0.15) is 0 Å². The number of benzene rings is 1. The number of carbonyl (C=O) groups is 1. The van der Waals surface area contributed by atoms with Crippen LogP contribution in [0.4, 0.5) is 0 Å². The highest BCUT2D eigenvalue weighted by atomic mass is 16.4. The summed E-state index contributed by atoms with van der Waals surface area (Å²) in [6, 6.07) is 7.85. The molecule has 0 spiro atoms. The lowest BCUT2D eigenvalue weighted by Crippen LogP contribution is -2.18. The predicted molar refractivity (Wildman–Crippen MR) is 70.6 cm³/mol. The number of aliphatic carboxylic acids is 1. The minimum absolute atomic E-state index is 0.276.